The Morgan fingerprint density at radius 1 is 1.11 bits per heavy atom. The molecule has 3 aromatic heterocycles. The molecule has 1 N–H and O–H groups in total. The highest BCUT2D eigenvalue weighted by Crippen LogP contribution is 2.65. The van der Waals surface area contributed by atoms with Gasteiger partial charge in [-0.05, 0) is 48.4 Å². The molecule has 36 heavy (non-hydrogen) atoms. The molecule has 0 bridgehead atoms. The number of aromatic amines is 1. The summed E-state index contributed by atoms with van der Waals surface area (Å²) in [4.78, 5) is 16.3. The highest BCUT2D eigenvalue weighted by atomic mass is 35.5. The Morgan fingerprint density at radius 3 is 2.86 bits per heavy atom. The van der Waals surface area contributed by atoms with Crippen LogP contribution in [-0.4, -0.2) is 38.2 Å². The van der Waals surface area contributed by atoms with Gasteiger partial charge in [-0.25, -0.2) is 14.4 Å². The van der Waals surface area contributed by atoms with Gasteiger partial charge in [-0.2, -0.15) is 5.10 Å². The van der Waals surface area contributed by atoms with Crippen molar-refractivity contribution in [2.45, 2.75) is 25.2 Å². The number of hydrogen-bond donors (Lipinski definition) is 1. The van der Waals surface area contributed by atoms with Gasteiger partial charge in [0.25, 0.3) is 0 Å². The molecular formula is C28H24ClFN6. The normalized spacial score (nSPS) is 23.2. The van der Waals surface area contributed by atoms with E-state index >= 15 is 0 Å². The van der Waals surface area contributed by atoms with E-state index in [0.717, 1.165) is 65.0 Å². The van der Waals surface area contributed by atoms with Gasteiger partial charge in [0.2, 0.25) is 5.65 Å². The number of aromatic nitrogens is 5. The molecule has 2 fully saturated rings. The number of nitrogens with zero attached hydrogens (tertiary/aromatic N) is 5. The van der Waals surface area contributed by atoms with Gasteiger partial charge in [-0.1, -0.05) is 48.9 Å². The van der Waals surface area contributed by atoms with Crippen molar-refractivity contribution in [1.82, 2.24) is 25.1 Å². The second kappa shape index (κ2) is 7.96. The lowest BCUT2D eigenvalue weighted by atomic mass is 9.88. The molecule has 180 valence electrons. The largest absolute Gasteiger partial charge is 0.355 e. The molecule has 3 atom stereocenters. The second-order valence-corrected chi connectivity index (χ2v) is 10.3. The Hall–Kier alpha value is -3.58. The average Bonchev–Trinajstić information content (AvgIpc) is 3.36. The van der Waals surface area contributed by atoms with Gasteiger partial charge in [-0.3, -0.25) is 10.1 Å². The second-order valence-electron chi connectivity index (χ2n) is 9.88. The lowest BCUT2D eigenvalue weighted by Gasteiger charge is -2.26. The SMILES string of the molecule is CC[C@]1(c2ccccc2F)[C@@H]2CCN(c3cnc4c(-c5ccc6cc(Cl)cnc6c5)[nH]nc4n3)C[C@@H]21. The third kappa shape index (κ3) is 3.15. The van der Waals surface area contributed by atoms with Gasteiger partial charge in [-0.15, -0.1) is 0 Å². The Morgan fingerprint density at radius 2 is 2.00 bits per heavy atom. The minimum atomic E-state index is -0.0856. The fourth-order valence-electron chi connectivity index (χ4n) is 6.53. The molecule has 8 heteroatoms. The van der Waals surface area contributed by atoms with Crippen LogP contribution >= 0.6 is 11.6 Å². The molecule has 6 nitrogen and oxygen atoms in total. The first-order valence-electron chi connectivity index (χ1n) is 12.3. The van der Waals surface area contributed by atoms with Crippen molar-refractivity contribution in [3.05, 3.63) is 77.3 Å². The lowest BCUT2D eigenvalue weighted by molar-refractivity contribution is 0.516. The summed E-state index contributed by atoms with van der Waals surface area (Å²) < 4.78 is 14.7. The summed E-state index contributed by atoms with van der Waals surface area (Å²) in [5.41, 5.74) is 4.71. The van der Waals surface area contributed by atoms with E-state index in [-0.39, 0.29) is 11.2 Å². The van der Waals surface area contributed by atoms with Gasteiger partial charge in [0.1, 0.15) is 17.2 Å². The number of anilines is 1. The summed E-state index contributed by atoms with van der Waals surface area (Å²) in [5, 5.41) is 9.17. The van der Waals surface area contributed by atoms with Crippen LogP contribution < -0.4 is 4.90 Å². The molecule has 0 radical (unpaired) electrons. The highest BCUT2D eigenvalue weighted by molar-refractivity contribution is 6.31. The maximum Gasteiger partial charge on any atom is 0.202 e. The number of rotatable bonds is 4. The van der Waals surface area contributed by atoms with E-state index in [0.29, 0.717) is 22.5 Å². The standard InChI is InChI=1S/C28H24ClFN6/c1-2-28(20-5-3-4-6-22(20)30)19-9-10-36(15-21(19)28)24-14-32-26-25(34-35-27(26)33-24)17-8-7-16-11-18(29)13-31-23(16)12-17/h3-8,11-14,19,21H,2,9-10,15H2,1H3,(H,33,34,35)/t19-,21+,28-/m1/s1. The maximum atomic E-state index is 14.7. The van der Waals surface area contributed by atoms with Gasteiger partial charge in [0.05, 0.1) is 22.4 Å². The number of nitrogens with one attached hydrogen (secondary N) is 1. The highest BCUT2D eigenvalue weighted by Gasteiger charge is 2.65. The number of H-pyrrole nitrogens is 1. The van der Waals surface area contributed by atoms with E-state index in [4.69, 9.17) is 21.6 Å². The van der Waals surface area contributed by atoms with Crippen molar-refractivity contribution in [3.63, 3.8) is 0 Å². The topological polar surface area (TPSA) is 70.6 Å². The first-order chi connectivity index (χ1) is 17.6. The van der Waals surface area contributed by atoms with Gasteiger partial charge < -0.3 is 4.90 Å². The molecule has 2 aliphatic rings. The van der Waals surface area contributed by atoms with Gasteiger partial charge >= 0.3 is 0 Å². The van der Waals surface area contributed by atoms with Crippen LogP contribution in [0.25, 0.3) is 33.3 Å². The number of piperidine rings is 1. The predicted octanol–water partition coefficient (Wildman–Crippen LogP) is 6.16. The molecule has 7 rings (SSSR count). The first kappa shape index (κ1) is 21.7. The van der Waals surface area contributed by atoms with Crippen LogP contribution in [0.2, 0.25) is 5.02 Å². The quantitative estimate of drug-likeness (QED) is 0.321. The Bertz CT molecular complexity index is 1630. The molecular weight excluding hydrogens is 475 g/mol. The molecule has 4 heterocycles. The van der Waals surface area contributed by atoms with Gasteiger partial charge in [0, 0.05) is 35.7 Å². The summed E-state index contributed by atoms with van der Waals surface area (Å²) in [7, 11) is 0. The van der Waals surface area contributed by atoms with E-state index < -0.39 is 0 Å². The van der Waals surface area contributed by atoms with E-state index in [1.807, 2.05) is 42.6 Å². The zero-order valence-corrected chi connectivity index (χ0v) is 20.5. The number of pyridine rings is 1. The summed E-state index contributed by atoms with van der Waals surface area (Å²) >= 11 is 6.07. The van der Waals surface area contributed by atoms with Crippen molar-refractivity contribution in [1.29, 1.82) is 0 Å². The molecule has 1 saturated carbocycles. The minimum absolute atomic E-state index is 0.0779. The number of benzene rings is 2. The average molecular weight is 499 g/mol. The van der Waals surface area contributed by atoms with Crippen LogP contribution in [-0.2, 0) is 5.41 Å². The van der Waals surface area contributed by atoms with Crippen LogP contribution in [0.3, 0.4) is 0 Å². The fraction of sp³-hybridized carbons (Fsp3) is 0.286. The Balaban J connectivity index is 1.18. The molecule has 1 aliphatic carbocycles. The van der Waals surface area contributed by atoms with Crippen LogP contribution in [0.1, 0.15) is 25.3 Å². The van der Waals surface area contributed by atoms with Crippen molar-refractivity contribution >= 4 is 39.5 Å². The molecule has 0 spiro atoms. The van der Waals surface area contributed by atoms with Crippen LogP contribution in [0.5, 0.6) is 0 Å². The van der Waals surface area contributed by atoms with Crippen molar-refractivity contribution < 1.29 is 4.39 Å². The lowest BCUT2D eigenvalue weighted by Crippen LogP contribution is -2.32. The molecule has 1 saturated heterocycles. The number of hydrogen-bond acceptors (Lipinski definition) is 5. The van der Waals surface area contributed by atoms with Crippen molar-refractivity contribution in [2.24, 2.45) is 11.8 Å². The number of halogens is 2. The van der Waals surface area contributed by atoms with Crippen molar-refractivity contribution in [2.75, 3.05) is 18.0 Å². The smallest absolute Gasteiger partial charge is 0.202 e. The fourth-order valence-corrected chi connectivity index (χ4v) is 6.69. The minimum Gasteiger partial charge on any atom is -0.355 e. The van der Waals surface area contributed by atoms with E-state index in [2.05, 4.69) is 27.0 Å². The zero-order valence-electron chi connectivity index (χ0n) is 19.7. The summed E-state index contributed by atoms with van der Waals surface area (Å²) in [6.45, 7) is 3.92. The Labute approximate surface area is 212 Å². The summed E-state index contributed by atoms with van der Waals surface area (Å²) in [6, 6.07) is 15.2. The van der Waals surface area contributed by atoms with E-state index in [1.54, 1.807) is 18.3 Å². The molecule has 0 amide bonds. The summed E-state index contributed by atoms with van der Waals surface area (Å²) in [6.07, 6.45) is 5.44. The van der Waals surface area contributed by atoms with E-state index in [1.165, 1.54) is 0 Å². The van der Waals surface area contributed by atoms with E-state index in [9.17, 15) is 4.39 Å². The number of fused-ring (bicyclic) bond motifs is 3. The predicted molar refractivity (Wildman–Crippen MR) is 140 cm³/mol. The monoisotopic (exact) mass is 498 g/mol. The Kier molecular flexibility index (Phi) is 4.80. The van der Waals surface area contributed by atoms with Gasteiger partial charge in [0.15, 0.2) is 0 Å². The molecule has 1 aliphatic heterocycles. The zero-order chi connectivity index (χ0) is 24.4. The van der Waals surface area contributed by atoms with Crippen molar-refractivity contribution in [3.8, 4) is 11.3 Å². The molecule has 2 aromatic carbocycles. The third-order valence-electron chi connectivity index (χ3n) is 8.30. The summed E-state index contributed by atoms with van der Waals surface area (Å²) in [5.74, 6) is 1.66. The molecule has 5 aromatic rings. The van der Waals surface area contributed by atoms with Crippen LogP contribution in [0.4, 0.5) is 10.2 Å². The van der Waals surface area contributed by atoms with Crippen LogP contribution in [0.15, 0.2) is 60.9 Å². The van der Waals surface area contributed by atoms with Crippen LogP contribution in [0, 0.1) is 17.7 Å². The molecule has 0 unspecified atom stereocenters. The third-order valence-corrected chi connectivity index (χ3v) is 8.51. The first-order valence-corrected chi connectivity index (χ1v) is 12.7. The maximum absolute atomic E-state index is 14.7.